The Morgan fingerprint density at radius 2 is 2.00 bits per heavy atom. The Hall–Kier alpha value is -0.760. The largest absolute Gasteiger partial charge is 0.367 e. The number of rotatable bonds is 1. The molecule has 0 unspecified atom stereocenters. The van der Waals surface area contributed by atoms with Crippen LogP contribution in [0, 0.1) is 5.92 Å². The zero-order valence-corrected chi connectivity index (χ0v) is 9.92. The van der Waals surface area contributed by atoms with E-state index < -0.39 is 0 Å². The molecule has 1 heterocycles. The van der Waals surface area contributed by atoms with E-state index in [1.807, 2.05) is 0 Å². The summed E-state index contributed by atoms with van der Waals surface area (Å²) in [6.07, 6.45) is 0. The van der Waals surface area contributed by atoms with Crippen LogP contribution in [0.15, 0.2) is 40.9 Å². The molecular formula is C12H14BrN. The predicted molar refractivity (Wildman–Crippen MR) is 64.7 cm³/mol. The number of halogens is 1. The molecule has 0 amide bonds. The van der Waals surface area contributed by atoms with Gasteiger partial charge in [0.15, 0.2) is 0 Å². The highest BCUT2D eigenvalue weighted by atomic mass is 79.9. The maximum absolute atomic E-state index is 4.08. The summed E-state index contributed by atoms with van der Waals surface area (Å²) in [7, 11) is 0. The van der Waals surface area contributed by atoms with Crippen LogP contribution >= 0.6 is 15.9 Å². The van der Waals surface area contributed by atoms with Gasteiger partial charge in [0.1, 0.15) is 0 Å². The number of hydrogen-bond donors (Lipinski definition) is 0. The second kappa shape index (κ2) is 3.77. The molecule has 1 nitrogen and oxygen atoms in total. The fourth-order valence-corrected chi connectivity index (χ4v) is 2.04. The lowest BCUT2D eigenvalue weighted by molar-refractivity contribution is 0.759. The predicted octanol–water partition coefficient (Wildman–Crippen LogP) is 3.46. The van der Waals surface area contributed by atoms with Gasteiger partial charge in [-0.05, 0) is 30.2 Å². The minimum Gasteiger partial charge on any atom is -0.367 e. The normalized spacial score (nSPS) is 21.7. The molecule has 14 heavy (non-hydrogen) atoms. The quantitative estimate of drug-likeness (QED) is 0.692. The lowest BCUT2D eigenvalue weighted by atomic mass is 10.1. The van der Waals surface area contributed by atoms with Crippen LogP contribution in [0.1, 0.15) is 6.92 Å². The van der Waals surface area contributed by atoms with Crippen molar-refractivity contribution in [2.24, 2.45) is 5.92 Å². The number of hydrogen-bond acceptors (Lipinski definition) is 1. The molecule has 0 N–H and O–H groups in total. The van der Waals surface area contributed by atoms with Crippen molar-refractivity contribution >= 4 is 21.6 Å². The molecule has 0 spiro atoms. The zero-order chi connectivity index (χ0) is 10.1. The first-order valence-electron chi connectivity index (χ1n) is 4.85. The molecule has 1 atom stereocenters. The summed E-state index contributed by atoms with van der Waals surface area (Å²) in [5.41, 5.74) is 2.63. The van der Waals surface area contributed by atoms with Gasteiger partial charge in [-0.1, -0.05) is 35.0 Å². The van der Waals surface area contributed by atoms with E-state index in [1.54, 1.807) is 0 Å². The first-order valence-corrected chi connectivity index (χ1v) is 5.64. The van der Waals surface area contributed by atoms with Gasteiger partial charge in [-0.25, -0.2) is 0 Å². The highest BCUT2D eigenvalue weighted by Gasteiger charge is 2.21. The Labute approximate surface area is 93.6 Å². The molecule has 0 bridgehead atoms. The third kappa shape index (κ3) is 1.85. The first-order chi connectivity index (χ1) is 6.66. The van der Waals surface area contributed by atoms with Crippen LogP contribution in [-0.2, 0) is 0 Å². The highest BCUT2D eigenvalue weighted by Crippen LogP contribution is 2.27. The van der Waals surface area contributed by atoms with Gasteiger partial charge in [-0.3, -0.25) is 0 Å². The second-order valence-electron chi connectivity index (χ2n) is 3.92. The van der Waals surface area contributed by atoms with E-state index in [2.05, 4.69) is 58.6 Å². The molecule has 1 aliphatic rings. The molecule has 0 aromatic heterocycles. The van der Waals surface area contributed by atoms with Crippen LogP contribution in [0.5, 0.6) is 0 Å². The molecule has 0 radical (unpaired) electrons. The number of nitrogens with zero attached hydrogens (tertiary/aromatic N) is 1. The summed E-state index contributed by atoms with van der Waals surface area (Å²) in [4.78, 5) is 2.37. The Morgan fingerprint density at radius 3 is 2.50 bits per heavy atom. The maximum atomic E-state index is 4.08. The molecule has 1 aromatic rings. The van der Waals surface area contributed by atoms with Gasteiger partial charge >= 0.3 is 0 Å². The standard InChI is InChI=1S/C12H14BrN/c1-9-7-14(8-10(9)2)12-5-3-11(13)4-6-12/h3-6,10H,1,7-8H2,2H3/t10-/m0/s1. The van der Waals surface area contributed by atoms with Crippen LogP contribution in [0.4, 0.5) is 5.69 Å². The van der Waals surface area contributed by atoms with E-state index in [9.17, 15) is 0 Å². The molecule has 0 saturated carbocycles. The maximum Gasteiger partial charge on any atom is 0.0389 e. The Balaban J connectivity index is 2.17. The van der Waals surface area contributed by atoms with Gasteiger partial charge in [0.05, 0.1) is 0 Å². The van der Waals surface area contributed by atoms with Crippen molar-refractivity contribution in [1.82, 2.24) is 0 Å². The van der Waals surface area contributed by atoms with Crippen LogP contribution in [0.25, 0.3) is 0 Å². The van der Waals surface area contributed by atoms with E-state index in [1.165, 1.54) is 11.3 Å². The average Bonchev–Trinajstić information content (AvgIpc) is 2.48. The monoisotopic (exact) mass is 251 g/mol. The fourth-order valence-electron chi connectivity index (χ4n) is 1.77. The van der Waals surface area contributed by atoms with Crippen molar-refractivity contribution in [3.63, 3.8) is 0 Å². The van der Waals surface area contributed by atoms with Crippen molar-refractivity contribution in [1.29, 1.82) is 0 Å². The van der Waals surface area contributed by atoms with E-state index in [-0.39, 0.29) is 0 Å². The number of benzene rings is 1. The summed E-state index contributed by atoms with van der Waals surface area (Å²) in [5.74, 6) is 0.624. The van der Waals surface area contributed by atoms with Gasteiger partial charge < -0.3 is 4.90 Å². The Morgan fingerprint density at radius 1 is 1.36 bits per heavy atom. The molecule has 1 fully saturated rings. The third-order valence-corrected chi connectivity index (χ3v) is 3.31. The van der Waals surface area contributed by atoms with Gasteiger partial charge in [0, 0.05) is 23.2 Å². The molecule has 2 rings (SSSR count). The van der Waals surface area contributed by atoms with Crippen LogP contribution < -0.4 is 4.90 Å². The SMILES string of the molecule is C=C1CN(c2ccc(Br)cc2)C[C@@H]1C. The topological polar surface area (TPSA) is 3.24 Å². The van der Waals surface area contributed by atoms with E-state index >= 15 is 0 Å². The van der Waals surface area contributed by atoms with Gasteiger partial charge in [-0.2, -0.15) is 0 Å². The van der Waals surface area contributed by atoms with Gasteiger partial charge in [-0.15, -0.1) is 0 Å². The minimum absolute atomic E-state index is 0.624. The van der Waals surface area contributed by atoms with Crippen molar-refractivity contribution < 1.29 is 0 Å². The zero-order valence-electron chi connectivity index (χ0n) is 8.33. The summed E-state index contributed by atoms with van der Waals surface area (Å²) < 4.78 is 1.13. The molecule has 1 saturated heterocycles. The molecule has 1 aliphatic heterocycles. The highest BCUT2D eigenvalue weighted by molar-refractivity contribution is 9.10. The summed E-state index contributed by atoms with van der Waals surface area (Å²) >= 11 is 3.44. The molecule has 2 heteroatoms. The van der Waals surface area contributed by atoms with E-state index in [4.69, 9.17) is 0 Å². The lowest BCUT2D eigenvalue weighted by Gasteiger charge is -2.17. The lowest BCUT2D eigenvalue weighted by Crippen LogP contribution is -2.18. The third-order valence-electron chi connectivity index (χ3n) is 2.78. The molecule has 1 aromatic carbocycles. The summed E-state index contributed by atoms with van der Waals surface area (Å²) in [6, 6.07) is 8.47. The van der Waals surface area contributed by atoms with E-state index in [0.717, 1.165) is 17.6 Å². The van der Waals surface area contributed by atoms with E-state index in [0.29, 0.717) is 5.92 Å². The summed E-state index contributed by atoms with van der Waals surface area (Å²) in [6.45, 7) is 8.42. The fraction of sp³-hybridized carbons (Fsp3) is 0.333. The minimum atomic E-state index is 0.624. The second-order valence-corrected chi connectivity index (χ2v) is 4.83. The number of anilines is 1. The summed E-state index contributed by atoms with van der Waals surface area (Å²) in [5, 5.41) is 0. The van der Waals surface area contributed by atoms with Crippen LogP contribution in [0.3, 0.4) is 0 Å². The van der Waals surface area contributed by atoms with Crippen LogP contribution in [-0.4, -0.2) is 13.1 Å². The molecular weight excluding hydrogens is 238 g/mol. The Bertz CT molecular complexity index is 342. The van der Waals surface area contributed by atoms with Gasteiger partial charge in [0.2, 0.25) is 0 Å². The smallest absolute Gasteiger partial charge is 0.0389 e. The first kappa shape index (κ1) is 9.78. The average molecular weight is 252 g/mol. The van der Waals surface area contributed by atoms with Crippen molar-refractivity contribution in [3.8, 4) is 0 Å². The van der Waals surface area contributed by atoms with Gasteiger partial charge in [0.25, 0.3) is 0 Å². The van der Waals surface area contributed by atoms with Crippen molar-refractivity contribution in [2.75, 3.05) is 18.0 Å². The van der Waals surface area contributed by atoms with Crippen molar-refractivity contribution in [3.05, 3.63) is 40.9 Å². The Kier molecular flexibility index (Phi) is 2.64. The van der Waals surface area contributed by atoms with Crippen LogP contribution in [0.2, 0.25) is 0 Å². The molecule has 74 valence electrons. The van der Waals surface area contributed by atoms with Crippen molar-refractivity contribution in [2.45, 2.75) is 6.92 Å². The molecule has 0 aliphatic carbocycles.